The minimum atomic E-state index is -0.224. The Morgan fingerprint density at radius 1 is 1.55 bits per heavy atom. The molecule has 3 nitrogen and oxygen atoms in total. The molecule has 11 heavy (non-hydrogen) atoms. The van der Waals surface area contributed by atoms with Crippen LogP contribution in [-0.2, 0) is 5.54 Å². The molecule has 0 unspecified atom stereocenters. The molecule has 2 rings (SSSR count). The lowest BCUT2D eigenvalue weighted by atomic mass is 10.1. The Morgan fingerprint density at radius 2 is 2.27 bits per heavy atom. The second-order valence-electron chi connectivity index (χ2n) is 2.88. The molecule has 2 N–H and O–H groups in total. The van der Waals surface area contributed by atoms with E-state index in [-0.39, 0.29) is 5.54 Å². The second-order valence-corrected chi connectivity index (χ2v) is 3.24. The first kappa shape index (κ1) is 7.00. The Kier molecular flexibility index (Phi) is 1.37. The van der Waals surface area contributed by atoms with Crippen LogP contribution in [0.4, 0.5) is 0 Å². The summed E-state index contributed by atoms with van der Waals surface area (Å²) >= 11 is 5.82. The SMILES string of the molecule is NC1(c2cncnc2Cl)CC1. The fourth-order valence-corrected chi connectivity index (χ4v) is 1.33. The van der Waals surface area contributed by atoms with Gasteiger partial charge in [0.25, 0.3) is 0 Å². The summed E-state index contributed by atoms with van der Waals surface area (Å²) in [4.78, 5) is 7.74. The predicted octanol–water partition coefficient (Wildman–Crippen LogP) is 1.08. The van der Waals surface area contributed by atoms with Gasteiger partial charge in [-0.2, -0.15) is 0 Å². The van der Waals surface area contributed by atoms with Gasteiger partial charge in [0.1, 0.15) is 11.5 Å². The normalized spacial score (nSPS) is 19.8. The van der Waals surface area contributed by atoms with Crippen LogP contribution < -0.4 is 5.73 Å². The van der Waals surface area contributed by atoms with Crippen molar-refractivity contribution < 1.29 is 0 Å². The van der Waals surface area contributed by atoms with E-state index in [0.29, 0.717) is 5.15 Å². The van der Waals surface area contributed by atoms with Crippen LogP contribution in [0.3, 0.4) is 0 Å². The highest BCUT2D eigenvalue weighted by Gasteiger charge is 2.42. The summed E-state index contributed by atoms with van der Waals surface area (Å²) in [7, 11) is 0. The van der Waals surface area contributed by atoms with Crippen molar-refractivity contribution in [1.82, 2.24) is 9.97 Å². The third-order valence-electron chi connectivity index (χ3n) is 1.99. The van der Waals surface area contributed by atoms with E-state index in [9.17, 15) is 0 Å². The summed E-state index contributed by atoms with van der Waals surface area (Å²) in [5.41, 5.74) is 6.56. The van der Waals surface area contributed by atoms with Gasteiger partial charge >= 0.3 is 0 Å². The average molecular weight is 170 g/mol. The minimum Gasteiger partial charge on any atom is -0.321 e. The topological polar surface area (TPSA) is 51.8 Å². The van der Waals surface area contributed by atoms with Crippen LogP contribution in [0.2, 0.25) is 5.15 Å². The first-order valence-corrected chi connectivity index (χ1v) is 3.85. The van der Waals surface area contributed by atoms with Crippen LogP contribution >= 0.6 is 11.6 Å². The zero-order valence-electron chi connectivity index (χ0n) is 5.92. The Labute approximate surface area is 69.6 Å². The fourth-order valence-electron chi connectivity index (χ4n) is 1.05. The van der Waals surface area contributed by atoms with Crippen molar-refractivity contribution in [3.05, 3.63) is 23.2 Å². The van der Waals surface area contributed by atoms with Gasteiger partial charge in [0.15, 0.2) is 0 Å². The summed E-state index contributed by atoms with van der Waals surface area (Å²) in [6, 6.07) is 0. The van der Waals surface area contributed by atoms with Crippen molar-refractivity contribution in [2.24, 2.45) is 5.73 Å². The molecule has 1 fully saturated rings. The van der Waals surface area contributed by atoms with Crippen molar-refractivity contribution in [1.29, 1.82) is 0 Å². The van der Waals surface area contributed by atoms with Gasteiger partial charge in [0.05, 0.1) is 0 Å². The summed E-state index contributed by atoms with van der Waals surface area (Å²) < 4.78 is 0. The molecule has 0 atom stereocenters. The van der Waals surface area contributed by atoms with Crippen molar-refractivity contribution in [3.8, 4) is 0 Å². The highest BCUT2D eigenvalue weighted by Crippen LogP contribution is 2.44. The molecular formula is C7H8ClN3. The van der Waals surface area contributed by atoms with Gasteiger partial charge in [0, 0.05) is 17.3 Å². The predicted molar refractivity (Wildman–Crippen MR) is 42.1 cm³/mol. The number of rotatable bonds is 1. The van der Waals surface area contributed by atoms with E-state index in [2.05, 4.69) is 9.97 Å². The molecule has 58 valence electrons. The highest BCUT2D eigenvalue weighted by atomic mass is 35.5. The summed E-state index contributed by atoms with van der Waals surface area (Å²) in [5.74, 6) is 0. The number of hydrogen-bond acceptors (Lipinski definition) is 3. The van der Waals surface area contributed by atoms with E-state index >= 15 is 0 Å². The third-order valence-corrected chi connectivity index (χ3v) is 2.29. The monoisotopic (exact) mass is 169 g/mol. The van der Waals surface area contributed by atoms with Gasteiger partial charge in [-0.3, -0.25) is 0 Å². The van der Waals surface area contributed by atoms with Crippen LogP contribution in [0.1, 0.15) is 18.4 Å². The van der Waals surface area contributed by atoms with Crippen molar-refractivity contribution in [2.45, 2.75) is 18.4 Å². The third kappa shape index (κ3) is 1.10. The Morgan fingerprint density at radius 3 is 2.82 bits per heavy atom. The maximum Gasteiger partial charge on any atom is 0.137 e. The quantitative estimate of drug-likeness (QED) is 0.640. The minimum absolute atomic E-state index is 0.224. The Bertz CT molecular complexity index is 283. The van der Waals surface area contributed by atoms with E-state index in [0.717, 1.165) is 18.4 Å². The molecule has 0 aliphatic heterocycles. The maximum atomic E-state index is 5.90. The van der Waals surface area contributed by atoms with Crippen LogP contribution in [0.25, 0.3) is 0 Å². The lowest BCUT2D eigenvalue weighted by Gasteiger charge is -2.07. The lowest BCUT2D eigenvalue weighted by molar-refractivity contribution is 0.728. The molecule has 0 spiro atoms. The average Bonchev–Trinajstić information content (AvgIpc) is 2.70. The first-order chi connectivity index (χ1) is 5.22. The van der Waals surface area contributed by atoms with Crippen molar-refractivity contribution >= 4 is 11.6 Å². The molecule has 1 aromatic rings. The zero-order chi connectivity index (χ0) is 7.90. The van der Waals surface area contributed by atoms with E-state index < -0.39 is 0 Å². The summed E-state index contributed by atoms with van der Waals surface area (Å²) in [6.07, 6.45) is 5.10. The molecule has 0 saturated heterocycles. The number of nitrogens with zero attached hydrogens (tertiary/aromatic N) is 2. The van der Waals surface area contributed by atoms with Gasteiger partial charge in [0.2, 0.25) is 0 Å². The van der Waals surface area contributed by atoms with Crippen molar-refractivity contribution in [2.75, 3.05) is 0 Å². The molecule has 1 aliphatic carbocycles. The number of hydrogen-bond donors (Lipinski definition) is 1. The van der Waals surface area contributed by atoms with E-state index in [4.69, 9.17) is 17.3 Å². The fraction of sp³-hybridized carbons (Fsp3) is 0.429. The molecule has 0 bridgehead atoms. The molecule has 0 aromatic carbocycles. The molecule has 0 radical (unpaired) electrons. The highest BCUT2D eigenvalue weighted by molar-refractivity contribution is 6.30. The zero-order valence-corrected chi connectivity index (χ0v) is 6.67. The number of aromatic nitrogens is 2. The van der Waals surface area contributed by atoms with E-state index in [1.54, 1.807) is 6.20 Å². The van der Waals surface area contributed by atoms with Crippen LogP contribution in [-0.4, -0.2) is 9.97 Å². The van der Waals surface area contributed by atoms with E-state index in [1.165, 1.54) is 6.33 Å². The van der Waals surface area contributed by atoms with Crippen LogP contribution in [0.5, 0.6) is 0 Å². The van der Waals surface area contributed by atoms with Gasteiger partial charge in [-0.05, 0) is 12.8 Å². The first-order valence-electron chi connectivity index (χ1n) is 3.47. The molecule has 1 aromatic heterocycles. The number of nitrogens with two attached hydrogens (primary N) is 1. The molecule has 1 saturated carbocycles. The largest absolute Gasteiger partial charge is 0.321 e. The van der Waals surface area contributed by atoms with Crippen LogP contribution in [0, 0.1) is 0 Å². The second kappa shape index (κ2) is 2.16. The lowest BCUT2D eigenvalue weighted by Crippen LogP contribution is -2.19. The van der Waals surface area contributed by atoms with Gasteiger partial charge in [-0.25, -0.2) is 9.97 Å². The summed E-state index contributed by atoms with van der Waals surface area (Å²) in [5, 5.41) is 0.486. The standard InChI is InChI=1S/C7H8ClN3/c8-6-5(3-10-4-11-6)7(9)1-2-7/h3-4H,1-2,9H2. The smallest absolute Gasteiger partial charge is 0.137 e. The summed E-state index contributed by atoms with van der Waals surface area (Å²) in [6.45, 7) is 0. The van der Waals surface area contributed by atoms with Gasteiger partial charge in [-0.15, -0.1) is 0 Å². The van der Waals surface area contributed by atoms with Crippen LogP contribution in [0.15, 0.2) is 12.5 Å². The van der Waals surface area contributed by atoms with Crippen molar-refractivity contribution in [3.63, 3.8) is 0 Å². The van der Waals surface area contributed by atoms with Gasteiger partial charge < -0.3 is 5.73 Å². The van der Waals surface area contributed by atoms with E-state index in [1.807, 2.05) is 0 Å². The van der Waals surface area contributed by atoms with Gasteiger partial charge in [-0.1, -0.05) is 11.6 Å². The number of halogens is 1. The maximum absolute atomic E-state index is 5.90. The Balaban J connectivity index is 2.45. The molecule has 1 aliphatic rings. The molecule has 0 amide bonds. The Hall–Kier alpha value is -0.670. The molecule has 4 heteroatoms. The molecular weight excluding hydrogens is 162 g/mol. The molecule has 1 heterocycles.